The third kappa shape index (κ3) is 5.18. The van der Waals surface area contributed by atoms with Crippen LogP contribution >= 0.6 is 11.3 Å². The minimum Gasteiger partial charge on any atom is -0.352 e. The molecule has 0 atom stereocenters. The summed E-state index contributed by atoms with van der Waals surface area (Å²) in [6.45, 7) is 1.02. The summed E-state index contributed by atoms with van der Waals surface area (Å²) in [5, 5.41) is 13.1. The number of nitrogens with two attached hydrogens (primary N) is 1. The van der Waals surface area contributed by atoms with Crippen LogP contribution in [0.15, 0.2) is 48.5 Å². The van der Waals surface area contributed by atoms with Crippen LogP contribution in [0.3, 0.4) is 0 Å². The summed E-state index contributed by atoms with van der Waals surface area (Å²) in [4.78, 5) is 11.9. The van der Waals surface area contributed by atoms with Crippen molar-refractivity contribution in [3.8, 4) is 10.6 Å². The minimum absolute atomic E-state index is 0.0759. The highest BCUT2D eigenvalue weighted by molar-refractivity contribution is 7.14. The van der Waals surface area contributed by atoms with Crippen molar-refractivity contribution in [2.45, 2.75) is 25.8 Å². The first kappa shape index (κ1) is 19.1. The van der Waals surface area contributed by atoms with Gasteiger partial charge in [-0.3, -0.25) is 4.79 Å². The second-order valence-corrected chi connectivity index (χ2v) is 7.16. The number of hydrogen-bond acceptors (Lipinski definition) is 5. The molecule has 27 heavy (non-hydrogen) atoms. The topological polar surface area (TPSA) is 80.9 Å². The normalized spacial score (nSPS) is 10.7. The average molecular weight is 384 g/mol. The maximum Gasteiger partial charge on any atom is 0.254 e. The molecule has 0 spiro atoms. The molecule has 1 amide bonds. The average Bonchev–Trinajstić information content (AvgIpc) is 3.17. The third-order valence-electron chi connectivity index (χ3n) is 4.12. The van der Waals surface area contributed by atoms with Gasteiger partial charge in [0, 0.05) is 25.1 Å². The maximum absolute atomic E-state index is 13.5. The van der Waals surface area contributed by atoms with Gasteiger partial charge in [-0.25, -0.2) is 4.39 Å². The van der Waals surface area contributed by atoms with Gasteiger partial charge in [0.1, 0.15) is 15.8 Å². The predicted molar refractivity (Wildman–Crippen MR) is 105 cm³/mol. The molecule has 2 aromatic carbocycles. The van der Waals surface area contributed by atoms with Crippen molar-refractivity contribution in [2.75, 3.05) is 6.54 Å². The quantitative estimate of drug-likeness (QED) is 0.582. The number of nitrogens with one attached hydrogen (secondary N) is 1. The Kier molecular flexibility index (Phi) is 6.62. The van der Waals surface area contributed by atoms with E-state index in [0.29, 0.717) is 13.1 Å². The van der Waals surface area contributed by atoms with Gasteiger partial charge in [-0.15, -0.1) is 10.2 Å². The van der Waals surface area contributed by atoms with Crippen molar-refractivity contribution in [1.29, 1.82) is 0 Å². The molecule has 1 heterocycles. The third-order valence-corrected chi connectivity index (χ3v) is 5.16. The number of unbranched alkanes of at least 4 members (excludes halogenated alkanes) is 1. The van der Waals surface area contributed by atoms with E-state index in [1.165, 1.54) is 12.1 Å². The lowest BCUT2D eigenvalue weighted by atomic mass is 10.1. The zero-order valence-corrected chi connectivity index (χ0v) is 15.6. The van der Waals surface area contributed by atoms with E-state index in [9.17, 15) is 9.18 Å². The monoisotopic (exact) mass is 384 g/mol. The fraction of sp³-hybridized carbons (Fsp3) is 0.250. The van der Waals surface area contributed by atoms with Crippen molar-refractivity contribution in [3.63, 3.8) is 0 Å². The number of nitrogens with zero attached hydrogens (tertiary/aromatic N) is 2. The van der Waals surface area contributed by atoms with E-state index in [-0.39, 0.29) is 11.5 Å². The summed E-state index contributed by atoms with van der Waals surface area (Å²) < 4.78 is 13.5. The molecule has 1 aromatic heterocycles. The first-order valence-electron chi connectivity index (χ1n) is 8.82. The summed E-state index contributed by atoms with van der Waals surface area (Å²) in [6, 6.07) is 14.0. The number of halogens is 1. The van der Waals surface area contributed by atoms with Gasteiger partial charge in [-0.2, -0.15) is 0 Å². The summed E-state index contributed by atoms with van der Waals surface area (Å²) in [5.41, 5.74) is 7.81. The first-order chi connectivity index (χ1) is 13.2. The molecule has 0 aliphatic carbocycles. The van der Waals surface area contributed by atoms with Crippen LogP contribution in [-0.4, -0.2) is 22.6 Å². The van der Waals surface area contributed by atoms with Crippen molar-refractivity contribution in [1.82, 2.24) is 15.5 Å². The zero-order valence-electron chi connectivity index (χ0n) is 14.8. The second-order valence-electron chi connectivity index (χ2n) is 6.09. The molecule has 3 N–H and O–H groups in total. The molecule has 0 saturated carbocycles. The highest BCUT2D eigenvalue weighted by Crippen LogP contribution is 2.24. The van der Waals surface area contributed by atoms with E-state index < -0.39 is 5.82 Å². The van der Waals surface area contributed by atoms with Crippen LogP contribution < -0.4 is 11.1 Å². The smallest absolute Gasteiger partial charge is 0.254 e. The van der Waals surface area contributed by atoms with E-state index in [2.05, 4.69) is 15.5 Å². The van der Waals surface area contributed by atoms with Crippen molar-refractivity contribution in [2.24, 2.45) is 5.73 Å². The van der Waals surface area contributed by atoms with Gasteiger partial charge < -0.3 is 11.1 Å². The Bertz CT molecular complexity index is 895. The molecule has 7 heteroatoms. The molecular weight excluding hydrogens is 363 g/mol. The van der Waals surface area contributed by atoms with Gasteiger partial charge in [0.05, 0.1) is 5.56 Å². The molecule has 3 aromatic rings. The molecule has 0 unspecified atom stereocenters. The molecule has 5 nitrogen and oxygen atoms in total. The fourth-order valence-electron chi connectivity index (χ4n) is 2.60. The van der Waals surface area contributed by atoms with Gasteiger partial charge >= 0.3 is 0 Å². The zero-order chi connectivity index (χ0) is 19.1. The van der Waals surface area contributed by atoms with E-state index in [1.807, 2.05) is 24.3 Å². The van der Waals surface area contributed by atoms with E-state index in [1.54, 1.807) is 23.5 Å². The summed E-state index contributed by atoms with van der Waals surface area (Å²) in [7, 11) is 0. The lowest BCUT2D eigenvalue weighted by molar-refractivity contribution is 0.0949. The number of aromatic nitrogens is 2. The predicted octanol–water partition coefficient (Wildman–Crippen LogP) is 3.56. The highest BCUT2D eigenvalue weighted by Gasteiger charge is 2.10. The number of amides is 1. The number of carbonyl (C=O) groups excluding carboxylic acids is 1. The van der Waals surface area contributed by atoms with E-state index >= 15 is 0 Å². The van der Waals surface area contributed by atoms with Crippen LogP contribution in [0.5, 0.6) is 0 Å². The number of rotatable bonds is 8. The Labute approximate surface area is 161 Å². The Morgan fingerprint density at radius 3 is 2.59 bits per heavy atom. The Morgan fingerprint density at radius 2 is 1.85 bits per heavy atom. The fourth-order valence-corrected chi connectivity index (χ4v) is 3.49. The summed E-state index contributed by atoms with van der Waals surface area (Å²) >= 11 is 1.57. The van der Waals surface area contributed by atoms with Crippen LogP contribution in [0.25, 0.3) is 10.6 Å². The molecule has 140 valence electrons. The van der Waals surface area contributed by atoms with E-state index in [0.717, 1.165) is 40.4 Å². The maximum atomic E-state index is 13.5. The second kappa shape index (κ2) is 9.34. The van der Waals surface area contributed by atoms with Crippen molar-refractivity contribution in [3.05, 3.63) is 70.5 Å². The largest absolute Gasteiger partial charge is 0.352 e. The number of aryl methyl sites for hydroxylation is 1. The first-order valence-corrected chi connectivity index (χ1v) is 9.63. The number of hydrogen-bond donors (Lipinski definition) is 2. The standard InChI is InChI=1S/C20H21FN4OS/c21-17-6-2-1-5-16(17)19(26)23-12-4-3-7-18-24-25-20(27-18)15-10-8-14(13-22)9-11-15/h1-2,5-6,8-11H,3-4,7,12-13,22H2,(H,23,26). The minimum atomic E-state index is -0.504. The van der Waals surface area contributed by atoms with Gasteiger partial charge in [0.2, 0.25) is 0 Å². The van der Waals surface area contributed by atoms with Gasteiger partial charge in [-0.05, 0) is 30.5 Å². The molecule has 0 aliphatic heterocycles. The van der Waals surface area contributed by atoms with Gasteiger partial charge in [-0.1, -0.05) is 47.7 Å². The molecule has 0 radical (unpaired) electrons. The Balaban J connectivity index is 1.42. The number of carbonyl (C=O) groups is 1. The van der Waals surface area contributed by atoms with Crippen LogP contribution in [0, 0.1) is 5.82 Å². The summed E-state index contributed by atoms with van der Waals surface area (Å²) in [5.74, 6) is -0.886. The van der Waals surface area contributed by atoms with Crippen LogP contribution in [0.4, 0.5) is 4.39 Å². The summed E-state index contributed by atoms with van der Waals surface area (Å²) in [6.07, 6.45) is 2.46. The van der Waals surface area contributed by atoms with Crippen LogP contribution in [-0.2, 0) is 13.0 Å². The molecule has 0 bridgehead atoms. The lowest BCUT2D eigenvalue weighted by Crippen LogP contribution is -2.25. The molecule has 0 fully saturated rings. The molecule has 0 saturated heterocycles. The Hall–Kier alpha value is -2.64. The van der Waals surface area contributed by atoms with Gasteiger partial charge in [0.25, 0.3) is 5.91 Å². The SMILES string of the molecule is NCc1ccc(-c2nnc(CCCCNC(=O)c3ccccc3F)s2)cc1. The molecule has 3 rings (SSSR count). The molecular formula is C20H21FN4OS. The number of benzene rings is 2. The van der Waals surface area contributed by atoms with Crippen LogP contribution in [0.1, 0.15) is 33.8 Å². The molecule has 0 aliphatic rings. The van der Waals surface area contributed by atoms with Gasteiger partial charge in [0.15, 0.2) is 0 Å². The lowest BCUT2D eigenvalue weighted by Gasteiger charge is -2.05. The van der Waals surface area contributed by atoms with Crippen LogP contribution in [0.2, 0.25) is 0 Å². The Morgan fingerprint density at radius 1 is 1.07 bits per heavy atom. The van der Waals surface area contributed by atoms with Crippen molar-refractivity contribution >= 4 is 17.2 Å². The highest BCUT2D eigenvalue weighted by atomic mass is 32.1. The van der Waals surface area contributed by atoms with E-state index in [4.69, 9.17) is 5.73 Å². The van der Waals surface area contributed by atoms with Crippen molar-refractivity contribution < 1.29 is 9.18 Å².